The van der Waals surface area contributed by atoms with Crippen LogP contribution in [0.2, 0.25) is 0 Å². The van der Waals surface area contributed by atoms with Crippen LogP contribution in [0.1, 0.15) is 47.0 Å². The van der Waals surface area contributed by atoms with Crippen molar-refractivity contribution in [1.82, 2.24) is 0 Å². The van der Waals surface area contributed by atoms with Crippen molar-refractivity contribution in [2.75, 3.05) is 0 Å². The van der Waals surface area contributed by atoms with Crippen LogP contribution >= 0.6 is 12.8 Å². The SMILES string of the molecule is CCCCC1C(C(C)(C)C)=NO[N+]1([O-])S. The van der Waals surface area contributed by atoms with E-state index in [9.17, 15) is 5.21 Å². The molecule has 2 unspecified atom stereocenters. The molecule has 0 fully saturated rings. The number of oxime groups is 1. The Morgan fingerprint density at radius 1 is 1.53 bits per heavy atom. The molecule has 88 valence electrons. The molecule has 1 aliphatic rings. The van der Waals surface area contributed by atoms with E-state index in [1.807, 2.05) is 20.8 Å². The van der Waals surface area contributed by atoms with Gasteiger partial charge in [0.2, 0.25) is 0 Å². The molecule has 0 saturated heterocycles. The van der Waals surface area contributed by atoms with Crippen LogP contribution in [0.5, 0.6) is 0 Å². The molecule has 0 saturated carbocycles. The number of hydroxylamine groups is 2. The Hall–Kier alpha value is -0.260. The molecule has 15 heavy (non-hydrogen) atoms. The molecule has 5 heteroatoms. The first-order chi connectivity index (χ1) is 6.79. The highest BCUT2D eigenvalue weighted by atomic mass is 32.1. The lowest BCUT2D eigenvalue weighted by Crippen LogP contribution is -2.44. The Labute approximate surface area is 96.9 Å². The first kappa shape index (κ1) is 12.8. The lowest BCUT2D eigenvalue weighted by atomic mass is 9.84. The van der Waals surface area contributed by atoms with Gasteiger partial charge in [0.05, 0.1) is 0 Å². The van der Waals surface area contributed by atoms with Gasteiger partial charge in [0.15, 0.2) is 6.04 Å². The van der Waals surface area contributed by atoms with Gasteiger partial charge in [-0.1, -0.05) is 38.3 Å². The quantitative estimate of drug-likeness (QED) is 0.462. The van der Waals surface area contributed by atoms with Crippen LogP contribution in [0.15, 0.2) is 5.16 Å². The molecule has 0 aromatic rings. The Bertz CT molecular complexity index is 259. The van der Waals surface area contributed by atoms with Crippen molar-refractivity contribution in [3.8, 4) is 0 Å². The fraction of sp³-hybridized carbons (Fsp3) is 0.900. The molecule has 2 atom stereocenters. The zero-order chi connectivity index (χ0) is 11.7. The van der Waals surface area contributed by atoms with E-state index < -0.39 is 4.21 Å². The molecule has 0 aromatic carbocycles. The second kappa shape index (κ2) is 4.31. The van der Waals surface area contributed by atoms with Crippen molar-refractivity contribution in [3.63, 3.8) is 0 Å². The summed E-state index contributed by atoms with van der Waals surface area (Å²) in [5, 5.41) is 15.8. The van der Waals surface area contributed by atoms with Gasteiger partial charge in [-0.05, 0) is 11.6 Å². The zero-order valence-electron chi connectivity index (χ0n) is 9.86. The van der Waals surface area contributed by atoms with Gasteiger partial charge in [-0.25, -0.2) is 0 Å². The molecular formula is C10H20N2O2S. The molecule has 4 nitrogen and oxygen atoms in total. The minimum absolute atomic E-state index is 0.133. The van der Waals surface area contributed by atoms with Gasteiger partial charge in [0.25, 0.3) is 0 Å². The largest absolute Gasteiger partial charge is 0.575 e. The summed E-state index contributed by atoms with van der Waals surface area (Å²) in [5.74, 6) is 0. The lowest BCUT2D eigenvalue weighted by molar-refractivity contribution is -0.960. The number of nitrogens with zero attached hydrogens (tertiary/aromatic N) is 2. The summed E-state index contributed by atoms with van der Waals surface area (Å²) in [4.78, 5) is 4.82. The third-order valence-corrected chi connectivity index (χ3v) is 2.92. The van der Waals surface area contributed by atoms with E-state index in [0.717, 1.165) is 25.0 Å². The van der Waals surface area contributed by atoms with Crippen LogP contribution in [0, 0.1) is 10.6 Å². The van der Waals surface area contributed by atoms with Crippen molar-refractivity contribution in [3.05, 3.63) is 5.21 Å². The topological polar surface area (TPSA) is 44.6 Å². The Morgan fingerprint density at radius 2 is 2.13 bits per heavy atom. The fourth-order valence-corrected chi connectivity index (χ4v) is 1.97. The summed E-state index contributed by atoms with van der Waals surface area (Å²) in [6, 6.07) is -0.270. The minimum atomic E-state index is -1.01. The van der Waals surface area contributed by atoms with Crippen molar-refractivity contribution in [2.45, 2.75) is 53.0 Å². The normalized spacial score (nSPS) is 31.3. The summed E-state index contributed by atoms with van der Waals surface area (Å²) in [7, 11) is 0. The first-order valence-corrected chi connectivity index (χ1v) is 5.78. The van der Waals surface area contributed by atoms with Gasteiger partial charge < -0.3 is 5.21 Å². The third-order valence-electron chi connectivity index (χ3n) is 2.57. The van der Waals surface area contributed by atoms with Crippen molar-refractivity contribution < 1.29 is 9.15 Å². The molecule has 0 spiro atoms. The molecule has 0 radical (unpaired) electrons. The highest BCUT2D eigenvalue weighted by molar-refractivity contribution is 7.74. The van der Waals surface area contributed by atoms with Gasteiger partial charge in [0, 0.05) is 11.8 Å². The number of unbranched alkanes of at least 4 members (excludes halogenated alkanes) is 1. The van der Waals surface area contributed by atoms with Crippen LogP contribution in [0.4, 0.5) is 0 Å². The molecule has 1 heterocycles. The minimum Gasteiger partial charge on any atom is -0.575 e. The van der Waals surface area contributed by atoms with E-state index in [4.69, 9.17) is 4.94 Å². The van der Waals surface area contributed by atoms with E-state index in [0.29, 0.717) is 0 Å². The third kappa shape index (κ3) is 2.86. The van der Waals surface area contributed by atoms with Crippen LogP contribution in [-0.2, 0) is 4.94 Å². The van der Waals surface area contributed by atoms with E-state index in [1.165, 1.54) is 0 Å². The molecular weight excluding hydrogens is 212 g/mol. The summed E-state index contributed by atoms with van der Waals surface area (Å²) in [5.41, 5.74) is 0.687. The Morgan fingerprint density at radius 3 is 2.60 bits per heavy atom. The maximum Gasteiger partial charge on any atom is 0.184 e. The van der Waals surface area contributed by atoms with Crippen LogP contribution in [0.25, 0.3) is 0 Å². The van der Waals surface area contributed by atoms with Gasteiger partial charge in [-0.2, -0.15) is 4.94 Å². The average molecular weight is 232 g/mol. The van der Waals surface area contributed by atoms with Crippen molar-refractivity contribution in [1.29, 1.82) is 0 Å². The smallest absolute Gasteiger partial charge is 0.184 e. The summed E-state index contributed by atoms with van der Waals surface area (Å²) < 4.78 is -1.01. The molecule has 1 rings (SSSR count). The van der Waals surface area contributed by atoms with Crippen LogP contribution < -0.4 is 0 Å². The van der Waals surface area contributed by atoms with Crippen LogP contribution in [-0.4, -0.2) is 16.0 Å². The van der Waals surface area contributed by atoms with Gasteiger partial charge in [-0.3, -0.25) is 0 Å². The number of hydrogen-bond acceptors (Lipinski definition) is 4. The summed E-state index contributed by atoms with van der Waals surface area (Å²) in [6.07, 6.45) is 2.83. The lowest BCUT2D eigenvalue weighted by Gasteiger charge is -2.32. The van der Waals surface area contributed by atoms with Crippen LogP contribution in [0.3, 0.4) is 0 Å². The van der Waals surface area contributed by atoms with Gasteiger partial charge in [-0.15, -0.1) is 0 Å². The molecule has 1 aliphatic heterocycles. The zero-order valence-corrected chi connectivity index (χ0v) is 10.8. The molecule has 0 amide bonds. The Kier molecular flexibility index (Phi) is 3.68. The monoisotopic (exact) mass is 232 g/mol. The highest BCUT2D eigenvalue weighted by Crippen LogP contribution is 2.35. The van der Waals surface area contributed by atoms with E-state index in [1.54, 1.807) is 0 Å². The average Bonchev–Trinajstić information content (AvgIpc) is 2.37. The predicted octanol–water partition coefficient (Wildman–Crippen LogP) is 3.05. The molecule has 0 aromatic heterocycles. The first-order valence-electron chi connectivity index (χ1n) is 5.38. The maximum atomic E-state index is 11.9. The molecule has 0 aliphatic carbocycles. The number of rotatable bonds is 3. The van der Waals surface area contributed by atoms with Crippen molar-refractivity contribution in [2.24, 2.45) is 10.6 Å². The van der Waals surface area contributed by atoms with E-state index >= 15 is 0 Å². The highest BCUT2D eigenvalue weighted by Gasteiger charge is 2.45. The Balaban J connectivity index is 2.80. The maximum absolute atomic E-state index is 11.9. The molecule has 0 N–H and O–H groups in total. The second-order valence-electron chi connectivity index (χ2n) is 5.03. The number of quaternary nitrogens is 1. The van der Waals surface area contributed by atoms with Gasteiger partial charge >= 0.3 is 0 Å². The number of hydrogen-bond donors (Lipinski definition) is 1. The van der Waals surface area contributed by atoms with Crippen molar-refractivity contribution >= 4 is 18.5 Å². The van der Waals surface area contributed by atoms with E-state index in [2.05, 4.69) is 24.9 Å². The number of thiol groups is 1. The fourth-order valence-electron chi connectivity index (χ4n) is 1.71. The van der Waals surface area contributed by atoms with Gasteiger partial charge in [0.1, 0.15) is 18.5 Å². The predicted molar refractivity (Wildman–Crippen MR) is 63.9 cm³/mol. The molecule has 0 bridgehead atoms. The summed E-state index contributed by atoms with van der Waals surface area (Å²) >= 11 is 3.95. The second-order valence-corrected chi connectivity index (χ2v) is 5.59. The summed E-state index contributed by atoms with van der Waals surface area (Å²) in [6.45, 7) is 8.20. The van der Waals surface area contributed by atoms with E-state index in [-0.39, 0.29) is 11.5 Å². The standard InChI is InChI=1S/C10H20N2O2S/c1-5-6-7-8-9(10(2,3)4)11-14-12(8,13)15/h8,15H,5-7H2,1-4H3.